The highest BCUT2D eigenvalue weighted by Crippen LogP contribution is 2.32. The number of anilines is 2. The van der Waals surface area contributed by atoms with Crippen molar-refractivity contribution < 1.29 is 4.74 Å². The molecule has 0 radical (unpaired) electrons. The third-order valence-corrected chi connectivity index (χ3v) is 3.42. The smallest absolute Gasteiger partial charge is 0.144 e. The first-order valence-corrected chi connectivity index (χ1v) is 7.39. The summed E-state index contributed by atoms with van der Waals surface area (Å²) in [6, 6.07) is 14.5. The Morgan fingerprint density at radius 3 is 2.62 bits per heavy atom. The second-order valence-electron chi connectivity index (χ2n) is 5.38. The van der Waals surface area contributed by atoms with E-state index in [-0.39, 0.29) is 0 Å². The summed E-state index contributed by atoms with van der Waals surface area (Å²) in [4.78, 5) is 2.16. The molecule has 3 heteroatoms. The van der Waals surface area contributed by atoms with Gasteiger partial charge in [0.25, 0.3) is 0 Å². The highest BCUT2D eigenvalue weighted by atomic mass is 16.5. The van der Waals surface area contributed by atoms with Crippen molar-refractivity contribution in [1.29, 1.82) is 0 Å². The van der Waals surface area contributed by atoms with E-state index >= 15 is 0 Å². The molecular formula is C18H24N2O. The topological polar surface area (TPSA) is 38.5 Å². The molecule has 0 saturated carbocycles. The first-order valence-electron chi connectivity index (χ1n) is 7.39. The Morgan fingerprint density at radius 2 is 1.90 bits per heavy atom. The van der Waals surface area contributed by atoms with Gasteiger partial charge in [-0.1, -0.05) is 42.8 Å². The second kappa shape index (κ2) is 7.02. The monoisotopic (exact) mass is 284 g/mol. The molecule has 0 spiro atoms. The average molecular weight is 284 g/mol. The number of ether oxygens (including phenoxy) is 1. The van der Waals surface area contributed by atoms with E-state index < -0.39 is 0 Å². The predicted molar refractivity (Wildman–Crippen MR) is 89.9 cm³/mol. The van der Waals surface area contributed by atoms with Gasteiger partial charge in [0.2, 0.25) is 0 Å². The van der Waals surface area contributed by atoms with Crippen LogP contribution in [0.15, 0.2) is 42.5 Å². The number of benzene rings is 2. The van der Waals surface area contributed by atoms with Crippen LogP contribution in [-0.2, 0) is 6.54 Å². The molecule has 0 fully saturated rings. The fourth-order valence-corrected chi connectivity index (χ4v) is 2.37. The zero-order chi connectivity index (χ0) is 15.2. The van der Waals surface area contributed by atoms with Crippen molar-refractivity contribution >= 4 is 11.4 Å². The first kappa shape index (κ1) is 15.2. The minimum absolute atomic E-state index is 0.690. The minimum atomic E-state index is 0.690. The van der Waals surface area contributed by atoms with Crippen LogP contribution in [0.2, 0.25) is 0 Å². The lowest BCUT2D eigenvalue weighted by Crippen LogP contribution is -2.18. The first-order chi connectivity index (χ1) is 10.1. The summed E-state index contributed by atoms with van der Waals surface area (Å²) >= 11 is 0. The van der Waals surface area contributed by atoms with Crippen LogP contribution in [0.25, 0.3) is 0 Å². The lowest BCUT2D eigenvalue weighted by atomic mass is 10.1. The van der Waals surface area contributed by atoms with Crippen LogP contribution in [0.3, 0.4) is 0 Å². The molecule has 0 aliphatic heterocycles. The summed E-state index contributed by atoms with van der Waals surface area (Å²) in [5, 5.41) is 0. The Morgan fingerprint density at radius 1 is 1.14 bits per heavy atom. The molecule has 2 rings (SSSR count). The predicted octanol–water partition coefficient (Wildman–Crippen LogP) is 4.00. The van der Waals surface area contributed by atoms with Crippen LogP contribution in [0, 0.1) is 6.92 Å². The number of nitrogens with two attached hydrogens (primary N) is 1. The number of hydrogen-bond acceptors (Lipinski definition) is 3. The van der Waals surface area contributed by atoms with Gasteiger partial charge in [0.1, 0.15) is 5.75 Å². The molecule has 0 heterocycles. The number of para-hydroxylation sites is 1. The van der Waals surface area contributed by atoms with Crippen LogP contribution < -0.4 is 15.4 Å². The van der Waals surface area contributed by atoms with Gasteiger partial charge in [-0.2, -0.15) is 0 Å². The van der Waals surface area contributed by atoms with Crippen molar-refractivity contribution in [3.8, 4) is 5.75 Å². The molecule has 0 saturated heterocycles. The lowest BCUT2D eigenvalue weighted by molar-refractivity contribution is 0.319. The van der Waals surface area contributed by atoms with Gasteiger partial charge in [-0.3, -0.25) is 0 Å². The van der Waals surface area contributed by atoms with E-state index in [0.717, 1.165) is 24.4 Å². The van der Waals surface area contributed by atoms with Crippen LogP contribution in [0.1, 0.15) is 24.5 Å². The fraction of sp³-hybridized carbons (Fsp3) is 0.333. The standard InChI is InChI=1S/C18H24N2O/c1-4-11-21-17-10-6-9-16(18(17)19)20(3)13-15-8-5-7-14(2)12-15/h5-10,12H,4,11,13,19H2,1-3H3. The molecule has 0 aromatic heterocycles. The highest BCUT2D eigenvalue weighted by molar-refractivity contribution is 5.73. The lowest BCUT2D eigenvalue weighted by Gasteiger charge is -2.22. The Balaban J connectivity index is 2.17. The van der Waals surface area contributed by atoms with Crippen LogP contribution in [0.5, 0.6) is 5.75 Å². The van der Waals surface area contributed by atoms with Crippen LogP contribution in [0.4, 0.5) is 11.4 Å². The summed E-state index contributed by atoms with van der Waals surface area (Å²) in [5.41, 5.74) is 10.5. The SMILES string of the molecule is CCCOc1cccc(N(C)Cc2cccc(C)c2)c1N. The van der Waals surface area contributed by atoms with Gasteiger partial charge in [0.15, 0.2) is 0 Å². The van der Waals surface area contributed by atoms with Gasteiger partial charge in [0.05, 0.1) is 18.0 Å². The Kier molecular flexibility index (Phi) is 5.09. The summed E-state index contributed by atoms with van der Waals surface area (Å²) < 4.78 is 5.69. The van der Waals surface area contributed by atoms with Crippen molar-refractivity contribution in [1.82, 2.24) is 0 Å². The number of hydrogen-bond donors (Lipinski definition) is 1. The maximum Gasteiger partial charge on any atom is 0.144 e. The van der Waals surface area contributed by atoms with Gasteiger partial charge in [-0.25, -0.2) is 0 Å². The minimum Gasteiger partial charge on any atom is -0.491 e. The number of rotatable bonds is 6. The molecule has 0 aliphatic rings. The molecule has 2 aromatic rings. The van der Waals surface area contributed by atoms with Crippen molar-refractivity contribution in [2.75, 3.05) is 24.3 Å². The zero-order valence-electron chi connectivity index (χ0n) is 13.1. The molecule has 3 nitrogen and oxygen atoms in total. The normalized spacial score (nSPS) is 10.4. The Hall–Kier alpha value is -2.16. The molecule has 2 N–H and O–H groups in total. The van der Waals surface area contributed by atoms with Crippen molar-refractivity contribution in [2.24, 2.45) is 0 Å². The van der Waals surface area contributed by atoms with Gasteiger partial charge >= 0.3 is 0 Å². The summed E-state index contributed by atoms with van der Waals surface area (Å²) in [6.07, 6.45) is 0.975. The molecule has 0 atom stereocenters. The van der Waals surface area contributed by atoms with Crippen molar-refractivity contribution in [3.05, 3.63) is 53.6 Å². The quantitative estimate of drug-likeness (QED) is 0.815. The maximum atomic E-state index is 6.24. The molecule has 0 unspecified atom stereocenters. The van der Waals surface area contributed by atoms with E-state index in [0.29, 0.717) is 12.3 Å². The van der Waals surface area contributed by atoms with E-state index in [2.05, 4.69) is 50.1 Å². The van der Waals surface area contributed by atoms with Crippen LogP contribution in [-0.4, -0.2) is 13.7 Å². The zero-order valence-corrected chi connectivity index (χ0v) is 13.1. The van der Waals surface area contributed by atoms with E-state index in [4.69, 9.17) is 10.5 Å². The van der Waals surface area contributed by atoms with Gasteiger partial charge in [-0.15, -0.1) is 0 Å². The number of aryl methyl sites for hydroxylation is 1. The third kappa shape index (κ3) is 3.91. The molecular weight excluding hydrogens is 260 g/mol. The Labute approximate surface area is 127 Å². The Bertz CT molecular complexity index is 596. The number of nitrogens with zero attached hydrogens (tertiary/aromatic N) is 1. The molecule has 2 aromatic carbocycles. The molecule has 21 heavy (non-hydrogen) atoms. The van der Waals surface area contributed by atoms with Gasteiger partial charge in [-0.05, 0) is 31.0 Å². The fourth-order valence-electron chi connectivity index (χ4n) is 2.37. The van der Waals surface area contributed by atoms with E-state index in [1.165, 1.54) is 11.1 Å². The third-order valence-electron chi connectivity index (χ3n) is 3.42. The molecule has 0 aliphatic carbocycles. The average Bonchev–Trinajstić information content (AvgIpc) is 2.46. The van der Waals surface area contributed by atoms with E-state index in [1.807, 2.05) is 18.2 Å². The largest absolute Gasteiger partial charge is 0.491 e. The second-order valence-corrected chi connectivity index (χ2v) is 5.38. The van der Waals surface area contributed by atoms with E-state index in [9.17, 15) is 0 Å². The summed E-state index contributed by atoms with van der Waals surface area (Å²) in [7, 11) is 2.05. The van der Waals surface area contributed by atoms with Gasteiger partial charge in [0, 0.05) is 13.6 Å². The molecule has 0 bridgehead atoms. The maximum absolute atomic E-state index is 6.24. The summed E-state index contributed by atoms with van der Waals surface area (Å²) in [5.74, 6) is 0.769. The summed E-state index contributed by atoms with van der Waals surface area (Å²) in [6.45, 7) is 5.71. The molecule has 112 valence electrons. The van der Waals surface area contributed by atoms with Crippen molar-refractivity contribution in [2.45, 2.75) is 26.8 Å². The van der Waals surface area contributed by atoms with Gasteiger partial charge < -0.3 is 15.4 Å². The van der Waals surface area contributed by atoms with Crippen LogP contribution >= 0.6 is 0 Å². The van der Waals surface area contributed by atoms with E-state index in [1.54, 1.807) is 0 Å². The highest BCUT2D eigenvalue weighted by Gasteiger charge is 2.10. The number of nitrogen functional groups attached to an aromatic ring is 1. The van der Waals surface area contributed by atoms with Crippen molar-refractivity contribution in [3.63, 3.8) is 0 Å². The molecule has 0 amide bonds.